The van der Waals surface area contributed by atoms with Crippen molar-refractivity contribution in [3.63, 3.8) is 0 Å². The summed E-state index contributed by atoms with van der Waals surface area (Å²) in [5, 5.41) is 5.04. The minimum Gasteiger partial charge on any atom is -0.310 e. The summed E-state index contributed by atoms with van der Waals surface area (Å²) in [4.78, 5) is 2.34. The summed E-state index contributed by atoms with van der Waals surface area (Å²) in [6, 6.07) is 69.9. The first-order valence-corrected chi connectivity index (χ1v) is 16.4. The topological polar surface area (TPSA) is 8.17 Å². The Bertz CT molecular complexity index is 2510. The van der Waals surface area contributed by atoms with Crippen LogP contribution < -0.4 is 4.90 Å². The van der Waals surface area contributed by atoms with Gasteiger partial charge in [-0.15, -0.1) is 0 Å². The van der Waals surface area contributed by atoms with Gasteiger partial charge in [-0.3, -0.25) is 0 Å². The van der Waals surface area contributed by atoms with Crippen LogP contribution in [0.2, 0.25) is 0 Å². The predicted octanol–water partition coefficient (Wildman–Crippen LogP) is 12.7. The Morgan fingerprint density at radius 1 is 0.312 bits per heavy atom. The number of para-hydroxylation sites is 3. The summed E-state index contributed by atoms with van der Waals surface area (Å²) in [7, 11) is 0. The Labute approximate surface area is 280 Å². The molecule has 0 aliphatic carbocycles. The highest BCUT2D eigenvalue weighted by Crippen LogP contribution is 2.39. The van der Waals surface area contributed by atoms with E-state index < -0.39 is 0 Å². The van der Waals surface area contributed by atoms with Crippen LogP contribution in [-0.4, -0.2) is 4.57 Å². The van der Waals surface area contributed by atoms with Crippen molar-refractivity contribution in [3.05, 3.63) is 194 Å². The maximum absolute atomic E-state index is 2.38. The van der Waals surface area contributed by atoms with Crippen molar-refractivity contribution in [1.82, 2.24) is 4.57 Å². The normalized spacial score (nSPS) is 11.3. The molecule has 2 heteroatoms. The van der Waals surface area contributed by atoms with Crippen LogP contribution in [0.4, 0.5) is 17.1 Å². The summed E-state index contributed by atoms with van der Waals surface area (Å²) in [6.07, 6.45) is 0. The van der Waals surface area contributed by atoms with Crippen LogP contribution in [0.25, 0.3) is 60.5 Å². The van der Waals surface area contributed by atoms with E-state index in [1.807, 2.05) is 0 Å². The van der Waals surface area contributed by atoms with Gasteiger partial charge in [-0.2, -0.15) is 0 Å². The summed E-state index contributed by atoms with van der Waals surface area (Å²) in [6.45, 7) is 0. The van der Waals surface area contributed by atoms with E-state index >= 15 is 0 Å². The van der Waals surface area contributed by atoms with Gasteiger partial charge in [-0.25, -0.2) is 0 Å². The molecule has 0 unspecified atom stereocenters. The second kappa shape index (κ2) is 11.8. The Morgan fingerprint density at radius 2 is 0.854 bits per heavy atom. The van der Waals surface area contributed by atoms with E-state index in [4.69, 9.17) is 0 Å². The SMILES string of the molecule is c1ccc(N(c2ccc(-c3cccc(-c4ccc5ccccc5c4)c3)cc2)c2cccc(-n3c4ccccc4c4ccccc43)c2)cc1. The average Bonchev–Trinajstić information content (AvgIpc) is 3.50. The van der Waals surface area contributed by atoms with Gasteiger partial charge in [0, 0.05) is 33.5 Å². The van der Waals surface area contributed by atoms with Gasteiger partial charge in [0.25, 0.3) is 0 Å². The molecule has 2 nitrogen and oxygen atoms in total. The van der Waals surface area contributed by atoms with E-state index in [1.165, 1.54) is 54.8 Å². The summed E-state index contributed by atoms with van der Waals surface area (Å²) in [5.41, 5.74) is 11.7. The lowest BCUT2D eigenvalue weighted by molar-refractivity contribution is 1.17. The van der Waals surface area contributed by atoms with Gasteiger partial charge in [-0.1, -0.05) is 127 Å². The van der Waals surface area contributed by atoms with Gasteiger partial charge in [0.15, 0.2) is 0 Å². The highest BCUT2D eigenvalue weighted by Gasteiger charge is 2.16. The molecule has 0 atom stereocenters. The van der Waals surface area contributed by atoms with Crippen molar-refractivity contribution in [2.45, 2.75) is 0 Å². The largest absolute Gasteiger partial charge is 0.310 e. The van der Waals surface area contributed by atoms with Gasteiger partial charge in [0.1, 0.15) is 0 Å². The molecule has 0 spiro atoms. The van der Waals surface area contributed by atoms with Crippen molar-refractivity contribution in [1.29, 1.82) is 0 Å². The van der Waals surface area contributed by atoms with Crippen LogP contribution in [0.5, 0.6) is 0 Å². The Balaban J connectivity index is 1.11. The quantitative estimate of drug-likeness (QED) is 0.181. The van der Waals surface area contributed by atoms with Gasteiger partial charge in [-0.05, 0) is 99.8 Å². The van der Waals surface area contributed by atoms with Crippen molar-refractivity contribution in [2.24, 2.45) is 0 Å². The van der Waals surface area contributed by atoms with Crippen LogP contribution in [0.1, 0.15) is 0 Å². The number of aromatic nitrogens is 1. The molecule has 0 aliphatic heterocycles. The maximum Gasteiger partial charge on any atom is 0.0541 e. The van der Waals surface area contributed by atoms with E-state index in [0.29, 0.717) is 0 Å². The van der Waals surface area contributed by atoms with Crippen LogP contribution >= 0.6 is 0 Å². The Morgan fingerprint density at radius 3 is 1.60 bits per heavy atom. The first-order chi connectivity index (χ1) is 23.8. The zero-order valence-corrected chi connectivity index (χ0v) is 26.4. The zero-order chi connectivity index (χ0) is 31.9. The standard InChI is InChI=1S/C46H32N2/c1-2-16-39(17-3-1)47(41-18-11-19-42(32-41)48-45-22-8-6-20-43(45)44-21-7-9-23-46(44)48)40-28-26-34(27-29-40)36-14-10-15-37(30-36)38-25-24-33-12-4-5-13-35(33)31-38/h1-32H. The summed E-state index contributed by atoms with van der Waals surface area (Å²) >= 11 is 0. The lowest BCUT2D eigenvalue weighted by Gasteiger charge is -2.26. The minimum absolute atomic E-state index is 1.10. The van der Waals surface area contributed by atoms with Crippen LogP contribution in [-0.2, 0) is 0 Å². The lowest BCUT2D eigenvalue weighted by atomic mass is 9.97. The second-order valence-corrected chi connectivity index (χ2v) is 12.3. The zero-order valence-electron chi connectivity index (χ0n) is 26.4. The van der Waals surface area contributed by atoms with Gasteiger partial charge in [0.2, 0.25) is 0 Å². The Kier molecular flexibility index (Phi) is 6.84. The number of benzene rings is 8. The first-order valence-electron chi connectivity index (χ1n) is 16.4. The van der Waals surface area contributed by atoms with Gasteiger partial charge >= 0.3 is 0 Å². The van der Waals surface area contributed by atoms with E-state index in [2.05, 4.69) is 204 Å². The fraction of sp³-hybridized carbons (Fsp3) is 0. The van der Waals surface area contributed by atoms with E-state index in [1.54, 1.807) is 0 Å². The first kappa shape index (κ1) is 27.9. The number of rotatable bonds is 6. The van der Waals surface area contributed by atoms with E-state index in [0.717, 1.165) is 22.7 Å². The molecule has 1 heterocycles. The monoisotopic (exact) mass is 612 g/mol. The number of fused-ring (bicyclic) bond motifs is 4. The molecule has 0 amide bonds. The third kappa shape index (κ3) is 4.92. The molecular formula is C46H32N2. The van der Waals surface area contributed by atoms with Crippen LogP contribution in [0.3, 0.4) is 0 Å². The molecule has 0 aliphatic rings. The van der Waals surface area contributed by atoms with E-state index in [9.17, 15) is 0 Å². The molecule has 0 radical (unpaired) electrons. The molecule has 0 saturated heterocycles. The third-order valence-electron chi connectivity index (χ3n) is 9.34. The van der Waals surface area contributed by atoms with Gasteiger partial charge < -0.3 is 9.47 Å². The number of hydrogen-bond donors (Lipinski definition) is 0. The molecule has 0 N–H and O–H groups in total. The van der Waals surface area contributed by atoms with Gasteiger partial charge in [0.05, 0.1) is 11.0 Å². The van der Waals surface area contributed by atoms with Crippen molar-refractivity contribution in [2.75, 3.05) is 4.90 Å². The van der Waals surface area contributed by atoms with Crippen molar-refractivity contribution >= 4 is 49.6 Å². The van der Waals surface area contributed by atoms with E-state index in [-0.39, 0.29) is 0 Å². The number of hydrogen-bond acceptors (Lipinski definition) is 1. The van der Waals surface area contributed by atoms with Crippen LogP contribution in [0, 0.1) is 0 Å². The van der Waals surface area contributed by atoms with Crippen molar-refractivity contribution < 1.29 is 0 Å². The lowest BCUT2D eigenvalue weighted by Crippen LogP contribution is -2.10. The number of nitrogens with zero attached hydrogens (tertiary/aromatic N) is 2. The molecule has 0 saturated carbocycles. The molecule has 0 bridgehead atoms. The molecule has 1 aromatic heterocycles. The third-order valence-corrected chi connectivity index (χ3v) is 9.34. The summed E-state index contributed by atoms with van der Waals surface area (Å²) in [5.74, 6) is 0. The molecule has 9 aromatic rings. The summed E-state index contributed by atoms with van der Waals surface area (Å²) < 4.78 is 2.38. The highest BCUT2D eigenvalue weighted by atomic mass is 15.1. The molecule has 0 fully saturated rings. The molecular weight excluding hydrogens is 581 g/mol. The smallest absolute Gasteiger partial charge is 0.0541 e. The Hall–Kier alpha value is -6.38. The molecule has 8 aromatic carbocycles. The predicted molar refractivity (Wildman–Crippen MR) is 204 cm³/mol. The number of anilines is 3. The highest BCUT2D eigenvalue weighted by molar-refractivity contribution is 6.09. The average molecular weight is 613 g/mol. The second-order valence-electron chi connectivity index (χ2n) is 12.3. The van der Waals surface area contributed by atoms with Crippen molar-refractivity contribution in [3.8, 4) is 27.9 Å². The fourth-order valence-corrected chi connectivity index (χ4v) is 7.05. The maximum atomic E-state index is 2.38. The molecule has 9 rings (SSSR count). The van der Waals surface area contributed by atoms with Crippen LogP contribution in [0.15, 0.2) is 194 Å². The molecule has 226 valence electrons. The fourth-order valence-electron chi connectivity index (χ4n) is 7.05. The minimum atomic E-state index is 1.10. The molecule has 48 heavy (non-hydrogen) atoms.